The summed E-state index contributed by atoms with van der Waals surface area (Å²) in [5.74, 6) is -0.0177. The summed E-state index contributed by atoms with van der Waals surface area (Å²) in [6.07, 6.45) is 3.12. The van der Waals surface area contributed by atoms with Crippen molar-refractivity contribution >= 4 is 32.6 Å². The molecule has 0 saturated carbocycles. The zero-order valence-electron chi connectivity index (χ0n) is 14.9. The van der Waals surface area contributed by atoms with Crippen LogP contribution in [-0.2, 0) is 11.2 Å². The van der Waals surface area contributed by atoms with Crippen LogP contribution in [0.15, 0.2) is 48.5 Å². The number of ether oxygens (including phenoxy) is 1. The summed E-state index contributed by atoms with van der Waals surface area (Å²) in [4.78, 5) is 19.7. The van der Waals surface area contributed by atoms with E-state index in [1.807, 2.05) is 36.4 Å². The molecule has 1 atom stereocenters. The molecular weight excluding hydrogens is 344 g/mol. The highest BCUT2D eigenvalue weighted by atomic mass is 32.1. The fourth-order valence-electron chi connectivity index (χ4n) is 3.27. The molecule has 1 aliphatic rings. The van der Waals surface area contributed by atoms with E-state index < -0.39 is 0 Å². The maximum Gasteiger partial charge on any atom is 0.260 e. The molecule has 134 valence electrons. The van der Waals surface area contributed by atoms with Gasteiger partial charge in [-0.1, -0.05) is 42.5 Å². The minimum absolute atomic E-state index is 0.0177. The Hall–Kier alpha value is -2.24. The Kier molecular flexibility index (Phi) is 5.00. The molecule has 0 aliphatic carbocycles. The first-order valence-corrected chi connectivity index (χ1v) is 9.94. The van der Waals surface area contributed by atoms with Gasteiger partial charge in [0.15, 0.2) is 5.13 Å². The third-order valence-electron chi connectivity index (χ3n) is 4.76. The van der Waals surface area contributed by atoms with Crippen LogP contribution in [0.3, 0.4) is 0 Å². The SMILES string of the molecule is CCc1ccc2nc(N(CC3CCCO3)C(=O)c3ccccc3)sc2c1. The topological polar surface area (TPSA) is 42.4 Å². The highest BCUT2D eigenvalue weighted by molar-refractivity contribution is 7.22. The summed E-state index contributed by atoms with van der Waals surface area (Å²) in [5.41, 5.74) is 2.91. The van der Waals surface area contributed by atoms with Crippen LogP contribution in [0.5, 0.6) is 0 Å². The number of hydrogen-bond acceptors (Lipinski definition) is 4. The Labute approximate surface area is 157 Å². The molecule has 1 amide bonds. The number of rotatable bonds is 5. The number of hydrogen-bond donors (Lipinski definition) is 0. The zero-order valence-corrected chi connectivity index (χ0v) is 15.7. The Bertz CT molecular complexity index is 901. The number of anilines is 1. The standard InChI is InChI=1S/C21H22N2O2S/c1-2-15-10-11-18-19(13-15)26-21(22-18)23(14-17-9-6-12-25-17)20(24)16-7-4-3-5-8-16/h3-5,7-8,10-11,13,17H,2,6,9,12,14H2,1H3. The van der Waals surface area contributed by atoms with Gasteiger partial charge in [-0.2, -0.15) is 0 Å². The molecule has 4 nitrogen and oxygen atoms in total. The fraction of sp³-hybridized carbons (Fsp3) is 0.333. The second-order valence-corrected chi connectivity index (χ2v) is 7.58. The quantitative estimate of drug-likeness (QED) is 0.658. The summed E-state index contributed by atoms with van der Waals surface area (Å²) in [6.45, 7) is 3.47. The normalized spacial score (nSPS) is 16.9. The van der Waals surface area contributed by atoms with Crippen molar-refractivity contribution in [2.75, 3.05) is 18.1 Å². The lowest BCUT2D eigenvalue weighted by molar-refractivity contribution is 0.0917. The van der Waals surface area contributed by atoms with Gasteiger partial charge in [-0.05, 0) is 49.1 Å². The van der Waals surface area contributed by atoms with Gasteiger partial charge < -0.3 is 4.74 Å². The molecule has 1 fully saturated rings. The van der Waals surface area contributed by atoms with E-state index in [0.29, 0.717) is 12.1 Å². The molecule has 26 heavy (non-hydrogen) atoms. The van der Waals surface area contributed by atoms with Crippen LogP contribution in [-0.4, -0.2) is 30.1 Å². The molecule has 1 saturated heterocycles. The number of carbonyl (C=O) groups is 1. The summed E-state index contributed by atoms with van der Waals surface area (Å²) in [6, 6.07) is 15.7. The zero-order chi connectivity index (χ0) is 17.9. The Balaban J connectivity index is 1.70. The minimum Gasteiger partial charge on any atom is -0.376 e. The van der Waals surface area contributed by atoms with Crippen molar-refractivity contribution in [3.8, 4) is 0 Å². The van der Waals surface area contributed by atoms with Crippen molar-refractivity contribution in [1.29, 1.82) is 0 Å². The lowest BCUT2D eigenvalue weighted by Crippen LogP contribution is -2.37. The van der Waals surface area contributed by atoms with Crippen LogP contribution in [0.2, 0.25) is 0 Å². The van der Waals surface area contributed by atoms with E-state index in [0.717, 1.165) is 41.2 Å². The number of aryl methyl sites for hydroxylation is 1. The average molecular weight is 366 g/mol. The van der Waals surface area contributed by atoms with Crippen LogP contribution in [0.1, 0.15) is 35.7 Å². The largest absolute Gasteiger partial charge is 0.376 e. The minimum atomic E-state index is -0.0177. The molecule has 4 rings (SSSR count). The van der Waals surface area contributed by atoms with Crippen LogP contribution in [0, 0.1) is 0 Å². The van der Waals surface area contributed by atoms with Gasteiger partial charge in [-0.25, -0.2) is 4.98 Å². The van der Waals surface area contributed by atoms with Gasteiger partial charge in [0.1, 0.15) is 0 Å². The average Bonchev–Trinajstić information content (AvgIpc) is 3.34. The molecular formula is C21H22N2O2S. The van der Waals surface area contributed by atoms with Gasteiger partial charge in [-0.15, -0.1) is 0 Å². The molecule has 3 aromatic rings. The maximum atomic E-state index is 13.2. The van der Waals surface area contributed by atoms with Crippen molar-refractivity contribution in [2.24, 2.45) is 0 Å². The Morgan fingerprint density at radius 1 is 1.27 bits per heavy atom. The lowest BCUT2D eigenvalue weighted by Gasteiger charge is -2.23. The summed E-state index contributed by atoms with van der Waals surface area (Å²) >= 11 is 1.58. The monoisotopic (exact) mass is 366 g/mol. The van der Waals surface area contributed by atoms with Crippen molar-refractivity contribution in [3.63, 3.8) is 0 Å². The molecule has 0 radical (unpaired) electrons. The first-order valence-electron chi connectivity index (χ1n) is 9.12. The van der Waals surface area contributed by atoms with E-state index in [4.69, 9.17) is 9.72 Å². The van der Waals surface area contributed by atoms with Crippen molar-refractivity contribution in [2.45, 2.75) is 32.3 Å². The second kappa shape index (κ2) is 7.56. The Morgan fingerprint density at radius 2 is 2.12 bits per heavy atom. The number of benzene rings is 2. The third kappa shape index (κ3) is 3.50. The van der Waals surface area contributed by atoms with Crippen LogP contribution >= 0.6 is 11.3 Å². The van der Waals surface area contributed by atoms with Gasteiger partial charge in [-0.3, -0.25) is 9.69 Å². The second-order valence-electron chi connectivity index (χ2n) is 6.57. The van der Waals surface area contributed by atoms with Gasteiger partial charge >= 0.3 is 0 Å². The van der Waals surface area contributed by atoms with E-state index in [2.05, 4.69) is 19.1 Å². The van der Waals surface area contributed by atoms with Gasteiger partial charge in [0.05, 0.1) is 22.9 Å². The Morgan fingerprint density at radius 3 is 2.85 bits per heavy atom. The van der Waals surface area contributed by atoms with E-state index in [1.54, 1.807) is 16.2 Å². The smallest absolute Gasteiger partial charge is 0.260 e. The number of amides is 1. The highest BCUT2D eigenvalue weighted by Gasteiger charge is 2.26. The molecule has 2 aromatic carbocycles. The van der Waals surface area contributed by atoms with Crippen molar-refractivity contribution in [3.05, 3.63) is 59.7 Å². The van der Waals surface area contributed by atoms with E-state index in [9.17, 15) is 4.79 Å². The number of carbonyl (C=O) groups excluding carboxylic acids is 1. The molecule has 0 spiro atoms. The molecule has 5 heteroatoms. The number of nitrogens with zero attached hydrogens (tertiary/aromatic N) is 2. The van der Waals surface area contributed by atoms with E-state index in [1.165, 1.54) is 5.56 Å². The first-order chi connectivity index (χ1) is 12.7. The van der Waals surface area contributed by atoms with Crippen molar-refractivity contribution in [1.82, 2.24) is 4.98 Å². The maximum absolute atomic E-state index is 13.2. The predicted molar refractivity (Wildman–Crippen MR) is 106 cm³/mol. The molecule has 1 aliphatic heterocycles. The number of fused-ring (bicyclic) bond motifs is 1. The van der Waals surface area contributed by atoms with E-state index in [-0.39, 0.29) is 12.0 Å². The van der Waals surface area contributed by atoms with Crippen molar-refractivity contribution < 1.29 is 9.53 Å². The molecule has 0 N–H and O–H groups in total. The van der Waals surface area contributed by atoms with Crippen LogP contribution in [0.4, 0.5) is 5.13 Å². The molecule has 2 heterocycles. The van der Waals surface area contributed by atoms with Gasteiger partial charge in [0.2, 0.25) is 0 Å². The van der Waals surface area contributed by atoms with Gasteiger partial charge in [0, 0.05) is 12.2 Å². The first kappa shape index (κ1) is 17.2. The van der Waals surface area contributed by atoms with Crippen LogP contribution < -0.4 is 4.90 Å². The summed E-state index contributed by atoms with van der Waals surface area (Å²) < 4.78 is 6.91. The highest BCUT2D eigenvalue weighted by Crippen LogP contribution is 2.31. The number of thiazole rings is 1. The van der Waals surface area contributed by atoms with E-state index >= 15 is 0 Å². The number of aromatic nitrogens is 1. The molecule has 1 unspecified atom stereocenters. The lowest BCUT2D eigenvalue weighted by atomic mass is 10.1. The summed E-state index contributed by atoms with van der Waals surface area (Å²) in [7, 11) is 0. The molecule has 0 bridgehead atoms. The van der Waals surface area contributed by atoms with Gasteiger partial charge in [0.25, 0.3) is 5.91 Å². The van der Waals surface area contributed by atoms with Crippen LogP contribution in [0.25, 0.3) is 10.2 Å². The predicted octanol–water partition coefficient (Wildman–Crippen LogP) is 4.68. The summed E-state index contributed by atoms with van der Waals surface area (Å²) in [5, 5.41) is 0.748. The third-order valence-corrected chi connectivity index (χ3v) is 5.80. The molecule has 1 aromatic heterocycles. The fourth-order valence-corrected chi connectivity index (χ4v) is 4.31.